The van der Waals surface area contributed by atoms with Gasteiger partial charge in [-0.2, -0.15) is 0 Å². The van der Waals surface area contributed by atoms with E-state index in [0.29, 0.717) is 19.3 Å². The Kier molecular flexibility index (Phi) is 39.4. The maximum absolute atomic E-state index is 12.6. The minimum absolute atomic E-state index is 0.00866. The van der Waals surface area contributed by atoms with Crippen LogP contribution in [0.15, 0.2) is 109 Å². The lowest BCUT2D eigenvalue weighted by atomic mass is 10.1. The molecular formula is C47H76NO9P. The molecule has 11 heteroatoms. The smallest absolute Gasteiger partial charge is 0.462 e. The van der Waals surface area contributed by atoms with E-state index in [2.05, 4.69) is 86.8 Å². The topological polar surface area (TPSA) is 155 Å². The third-order valence-electron chi connectivity index (χ3n) is 8.26. The van der Waals surface area contributed by atoms with Gasteiger partial charge in [-0.25, -0.2) is 4.57 Å². The zero-order valence-corrected chi connectivity index (χ0v) is 36.5. The van der Waals surface area contributed by atoms with E-state index in [0.717, 1.165) is 51.4 Å². The highest BCUT2D eigenvalue weighted by atomic mass is 31.2. The van der Waals surface area contributed by atoms with Gasteiger partial charge >= 0.3 is 19.8 Å². The predicted molar refractivity (Wildman–Crippen MR) is 239 cm³/mol. The van der Waals surface area contributed by atoms with Gasteiger partial charge in [0.25, 0.3) is 0 Å². The number of carbonyl (C=O) groups is 2. The molecule has 0 aromatic heterocycles. The number of aliphatic hydroxyl groups excluding tert-OH is 1. The fourth-order valence-electron chi connectivity index (χ4n) is 5.08. The van der Waals surface area contributed by atoms with E-state index in [9.17, 15) is 24.2 Å². The number of esters is 2. The number of aliphatic hydroxyl groups is 1. The molecule has 0 bridgehead atoms. The quantitative estimate of drug-likeness (QED) is 0.0180. The standard InChI is InChI=1S/C47H76NO9P/c1-3-5-7-9-11-13-15-17-18-19-20-21-22-24-26-28-30-32-34-38-46(50)54-42-45(43-56-58(52,53)55-41-40-48)57-47(51)39-35-37-44(49)36-33-31-29-27-25-23-16-14-12-10-8-6-4-2/h5,7,11,13,17-18,20-21,23-26,29-33,36,44-45,49H,3-4,6,8-10,12,14-16,19,22,27-28,34-35,37-43,48H2,1-2H3,(H,52,53)/b7-5-,13-11-,18-17-,21-20-,25-23+,26-24-,31-29+,32-30-,36-33+/t44?,45-/m1/s1. The number of allylic oxidation sites excluding steroid dienone is 17. The summed E-state index contributed by atoms with van der Waals surface area (Å²) < 4.78 is 32.5. The van der Waals surface area contributed by atoms with Crippen molar-refractivity contribution in [1.29, 1.82) is 0 Å². The average Bonchev–Trinajstić information content (AvgIpc) is 3.20. The minimum Gasteiger partial charge on any atom is -0.462 e. The first kappa shape index (κ1) is 54.6. The van der Waals surface area contributed by atoms with E-state index in [4.69, 9.17) is 24.3 Å². The molecule has 4 N–H and O–H groups in total. The van der Waals surface area contributed by atoms with Crippen LogP contribution < -0.4 is 5.73 Å². The Balaban J connectivity index is 4.49. The van der Waals surface area contributed by atoms with E-state index in [1.165, 1.54) is 38.5 Å². The second-order valence-corrected chi connectivity index (χ2v) is 15.1. The van der Waals surface area contributed by atoms with Crippen molar-refractivity contribution < 1.29 is 42.7 Å². The first-order valence-corrected chi connectivity index (χ1v) is 23.0. The number of phosphoric acid groups is 1. The lowest BCUT2D eigenvalue weighted by molar-refractivity contribution is -0.161. The summed E-state index contributed by atoms with van der Waals surface area (Å²) in [6.45, 7) is 3.27. The highest BCUT2D eigenvalue weighted by molar-refractivity contribution is 7.47. The van der Waals surface area contributed by atoms with Crippen LogP contribution in [0.2, 0.25) is 0 Å². The molecule has 0 aliphatic carbocycles. The molecule has 10 nitrogen and oxygen atoms in total. The van der Waals surface area contributed by atoms with Crippen LogP contribution in [0.3, 0.4) is 0 Å². The maximum atomic E-state index is 12.6. The third kappa shape index (κ3) is 40.8. The second kappa shape index (κ2) is 41.8. The Labute approximate surface area is 351 Å². The van der Waals surface area contributed by atoms with Gasteiger partial charge in [-0.1, -0.05) is 155 Å². The van der Waals surface area contributed by atoms with Crippen molar-refractivity contribution in [2.24, 2.45) is 5.73 Å². The van der Waals surface area contributed by atoms with Gasteiger partial charge in [0.05, 0.1) is 19.3 Å². The molecule has 0 heterocycles. The lowest BCUT2D eigenvalue weighted by Gasteiger charge is -2.20. The molecule has 0 rings (SSSR count). The lowest BCUT2D eigenvalue weighted by Crippen LogP contribution is -2.29. The fraction of sp³-hybridized carbons (Fsp3) is 0.574. The van der Waals surface area contributed by atoms with Crippen LogP contribution in [0, 0.1) is 0 Å². The molecule has 0 radical (unpaired) electrons. The van der Waals surface area contributed by atoms with E-state index in [-0.39, 0.29) is 32.6 Å². The first-order valence-electron chi connectivity index (χ1n) is 21.5. The molecule has 0 aliphatic heterocycles. The van der Waals surface area contributed by atoms with Crippen LogP contribution in [0.25, 0.3) is 0 Å². The van der Waals surface area contributed by atoms with E-state index in [1.54, 1.807) is 12.2 Å². The van der Waals surface area contributed by atoms with E-state index < -0.39 is 38.6 Å². The van der Waals surface area contributed by atoms with E-state index >= 15 is 0 Å². The zero-order chi connectivity index (χ0) is 42.6. The third-order valence-corrected chi connectivity index (χ3v) is 9.24. The van der Waals surface area contributed by atoms with Crippen molar-refractivity contribution in [3.05, 3.63) is 109 Å². The number of rotatable bonds is 38. The van der Waals surface area contributed by atoms with Crippen molar-refractivity contribution in [3.8, 4) is 0 Å². The SMILES string of the molecule is CC/C=C\C/C=C\C/C=C\C/C=C\C/C=C\C/C=C\CCC(=O)OC[C@H](COP(=O)(O)OCCN)OC(=O)CCCC(O)/C=C/C=C/C/C=C/CCCCCCCC. The number of carbonyl (C=O) groups excluding carboxylic acids is 2. The Bertz CT molecular complexity index is 1330. The molecule has 0 amide bonds. The summed E-state index contributed by atoms with van der Waals surface area (Å²) in [5.74, 6) is -1.14. The molecule has 0 fully saturated rings. The second-order valence-electron chi connectivity index (χ2n) is 13.7. The van der Waals surface area contributed by atoms with Crippen LogP contribution in [0.1, 0.15) is 136 Å². The number of unbranched alkanes of at least 4 members (excludes halogenated alkanes) is 6. The molecule has 58 heavy (non-hydrogen) atoms. The number of hydrogen-bond acceptors (Lipinski definition) is 9. The summed E-state index contributed by atoms with van der Waals surface area (Å²) in [5.41, 5.74) is 5.33. The number of hydrogen-bond donors (Lipinski definition) is 3. The molecule has 0 saturated heterocycles. The summed E-state index contributed by atoms with van der Waals surface area (Å²) in [7, 11) is -4.45. The summed E-state index contributed by atoms with van der Waals surface area (Å²) in [5, 5.41) is 10.3. The molecular weight excluding hydrogens is 753 g/mol. The monoisotopic (exact) mass is 830 g/mol. The average molecular weight is 830 g/mol. The minimum atomic E-state index is -4.45. The van der Waals surface area contributed by atoms with Gasteiger partial charge in [-0.15, -0.1) is 0 Å². The Morgan fingerprint density at radius 2 is 1.17 bits per heavy atom. The van der Waals surface area contributed by atoms with Crippen molar-refractivity contribution in [1.82, 2.24) is 0 Å². The highest BCUT2D eigenvalue weighted by Crippen LogP contribution is 2.43. The number of nitrogens with two attached hydrogens (primary N) is 1. The van der Waals surface area contributed by atoms with Crippen molar-refractivity contribution in [2.45, 2.75) is 148 Å². The zero-order valence-electron chi connectivity index (χ0n) is 35.6. The van der Waals surface area contributed by atoms with Crippen molar-refractivity contribution in [2.75, 3.05) is 26.4 Å². The number of phosphoric ester groups is 1. The van der Waals surface area contributed by atoms with Crippen molar-refractivity contribution in [3.63, 3.8) is 0 Å². The predicted octanol–water partition coefficient (Wildman–Crippen LogP) is 11.4. The summed E-state index contributed by atoms with van der Waals surface area (Å²) in [4.78, 5) is 34.8. The molecule has 2 unspecified atom stereocenters. The Morgan fingerprint density at radius 1 is 0.621 bits per heavy atom. The van der Waals surface area contributed by atoms with Gasteiger partial charge < -0.3 is 25.2 Å². The van der Waals surface area contributed by atoms with Gasteiger partial charge in [-0.3, -0.25) is 18.6 Å². The normalized spacial score (nSPS) is 14.9. The van der Waals surface area contributed by atoms with Crippen LogP contribution in [0.4, 0.5) is 0 Å². The molecule has 0 aliphatic rings. The summed E-state index contributed by atoms with van der Waals surface area (Å²) in [6.07, 6.45) is 51.7. The first-order chi connectivity index (χ1) is 28.2. The Morgan fingerprint density at radius 3 is 1.78 bits per heavy atom. The largest absolute Gasteiger partial charge is 0.472 e. The van der Waals surface area contributed by atoms with Crippen LogP contribution in [0.5, 0.6) is 0 Å². The van der Waals surface area contributed by atoms with Gasteiger partial charge in [-0.05, 0) is 77.0 Å². The van der Waals surface area contributed by atoms with Crippen molar-refractivity contribution >= 4 is 19.8 Å². The molecule has 0 saturated carbocycles. The molecule has 328 valence electrons. The molecule has 0 spiro atoms. The van der Waals surface area contributed by atoms with E-state index in [1.807, 2.05) is 24.3 Å². The highest BCUT2D eigenvalue weighted by Gasteiger charge is 2.26. The fourth-order valence-corrected chi connectivity index (χ4v) is 5.84. The summed E-state index contributed by atoms with van der Waals surface area (Å²) >= 11 is 0. The van der Waals surface area contributed by atoms with Crippen LogP contribution in [-0.2, 0) is 32.7 Å². The maximum Gasteiger partial charge on any atom is 0.472 e. The van der Waals surface area contributed by atoms with Gasteiger partial charge in [0.15, 0.2) is 6.10 Å². The number of ether oxygens (including phenoxy) is 2. The van der Waals surface area contributed by atoms with Gasteiger partial charge in [0.1, 0.15) is 6.61 Å². The Hall–Kier alpha value is -3.37. The summed E-state index contributed by atoms with van der Waals surface area (Å²) in [6, 6.07) is 0. The van der Waals surface area contributed by atoms with Crippen LogP contribution >= 0.6 is 7.82 Å². The molecule has 3 atom stereocenters. The van der Waals surface area contributed by atoms with Gasteiger partial charge in [0.2, 0.25) is 0 Å². The van der Waals surface area contributed by atoms with Gasteiger partial charge in [0, 0.05) is 19.4 Å². The van der Waals surface area contributed by atoms with Crippen LogP contribution in [-0.4, -0.2) is 60.5 Å². The molecule has 0 aromatic rings. The molecule has 0 aromatic carbocycles.